The summed E-state index contributed by atoms with van der Waals surface area (Å²) in [5.41, 5.74) is 3.06. The number of carbonyl (C=O) groups is 2. The lowest BCUT2D eigenvalue weighted by molar-refractivity contribution is -0.384. The summed E-state index contributed by atoms with van der Waals surface area (Å²) in [7, 11) is 0. The number of Topliss-reactive ketones (excluding diaryl/α,β-unsaturated/α-hetero) is 2. The van der Waals surface area contributed by atoms with Crippen molar-refractivity contribution in [3.8, 4) is 5.75 Å². The molecule has 0 saturated carbocycles. The zero-order chi connectivity index (χ0) is 22.1. The molecular formula is C24H20N2O5. The summed E-state index contributed by atoms with van der Waals surface area (Å²) < 4.78 is 0. The van der Waals surface area contributed by atoms with E-state index in [4.69, 9.17) is 0 Å². The Hall–Kier alpha value is -3.74. The Labute approximate surface area is 178 Å². The van der Waals surface area contributed by atoms with Crippen LogP contribution in [0.4, 0.5) is 5.69 Å². The average Bonchev–Trinajstić information content (AvgIpc) is 2.98. The van der Waals surface area contributed by atoms with Crippen molar-refractivity contribution in [2.24, 2.45) is 5.41 Å². The van der Waals surface area contributed by atoms with E-state index in [0.717, 1.165) is 5.56 Å². The summed E-state index contributed by atoms with van der Waals surface area (Å²) in [4.78, 5) is 37.5. The fourth-order valence-electron chi connectivity index (χ4n) is 4.99. The molecular weight excluding hydrogens is 396 g/mol. The number of non-ortho nitro benzene ring substituents is 1. The van der Waals surface area contributed by atoms with Gasteiger partial charge < -0.3 is 10.4 Å². The lowest BCUT2D eigenvalue weighted by Crippen LogP contribution is -2.37. The molecule has 0 amide bonds. The fraction of sp³-hybridized carbons (Fsp3) is 0.250. The minimum atomic E-state index is -0.866. The predicted octanol–water partition coefficient (Wildman–Crippen LogP) is 4.24. The van der Waals surface area contributed by atoms with Crippen LogP contribution in [0, 0.1) is 15.5 Å². The Kier molecular flexibility index (Phi) is 3.96. The van der Waals surface area contributed by atoms with Crippen LogP contribution in [0.25, 0.3) is 5.70 Å². The van der Waals surface area contributed by atoms with Gasteiger partial charge in [-0.2, -0.15) is 0 Å². The minimum absolute atomic E-state index is 0.120. The Morgan fingerprint density at radius 3 is 2.48 bits per heavy atom. The number of phenolic OH excluding ortho intramolecular Hbond substituents is 1. The highest BCUT2D eigenvalue weighted by Gasteiger charge is 2.47. The zero-order valence-corrected chi connectivity index (χ0v) is 17.1. The van der Waals surface area contributed by atoms with Crippen molar-refractivity contribution in [1.82, 2.24) is 5.32 Å². The van der Waals surface area contributed by atoms with Crippen LogP contribution in [0.3, 0.4) is 0 Å². The highest BCUT2D eigenvalue weighted by molar-refractivity contribution is 6.23. The number of benzene rings is 2. The molecule has 0 spiro atoms. The number of nitro groups is 1. The molecule has 7 heteroatoms. The van der Waals surface area contributed by atoms with Crippen molar-refractivity contribution in [3.63, 3.8) is 0 Å². The van der Waals surface area contributed by atoms with Gasteiger partial charge in [0.25, 0.3) is 5.69 Å². The van der Waals surface area contributed by atoms with E-state index in [1.165, 1.54) is 18.2 Å². The van der Waals surface area contributed by atoms with Crippen molar-refractivity contribution in [1.29, 1.82) is 0 Å². The van der Waals surface area contributed by atoms with Crippen LogP contribution in [-0.2, 0) is 4.79 Å². The zero-order valence-electron chi connectivity index (χ0n) is 17.1. The van der Waals surface area contributed by atoms with Crippen LogP contribution in [-0.4, -0.2) is 21.6 Å². The van der Waals surface area contributed by atoms with E-state index in [0.29, 0.717) is 40.9 Å². The number of dihydropyridines is 1. The fourth-order valence-corrected chi connectivity index (χ4v) is 4.99. The van der Waals surface area contributed by atoms with E-state index in [9.17, 15) is 24.8 Å². The molecule has 0 saturated heterocycles. The molecule has 2 aromatic rings. The number of allylic oxidation sites excluding steroid dienone is 3. The van der Waals surface area contributed by atoms with Crippen LogP contribution in [0.5, 0.6) is 5.75 Å². The summed E-state index contributed by atoms with van der Waals surface area (Å²) >= 11 is 0. The molecule has 0 radical (unpaired) electrons. The van der Waals surface area contributed by atoms with Gasteiger partial charge >= 0.3 is 0 Å². The Balaban J connectivity index is 1.79. The Morgan fingerprint density at radius 1 is 1.06 bits per heavy atom. The molecule has 2 N–H and O–H groups in total. The molecule has 1 aliphatic heterocycles. The average molecular weight is 416 g/mol. The number of aromatic hydroxyl groups is 1. The first-order valence-electron chi connectivity index (χ1n) is 10.1. The van der Waals surface area contributed by atoms with Gasteiger partial charge in [0, 0.05) is 58.0 Å². The highest BCUT2D eigenvalue weighted by Crippen LogP contribution is 2.52. The minimum Gasteiger partial charge on any atom is -0.508 e. The molecule has 2 aromatic carbocycles. The smallest absolute Gasteiger partial charge is 0.270 e. The van der Waals surface area contributed by atoms with Crippen LogP contribution in [0.1, 0.15) is 54.1 Å². The maximum atomic E-state index is 13.4. The second kappa shape index (κ2) is 6.38. The third kappa shape index (κ3) is 2.80. The van der Waals surface area contributed by atoms with Crippen molar-refractivity contribution < 1.29 is 19.6 Å². The van der Waals surface area contributed by atoms with Crippen LogP contribution < -0.4 is 5.32 Å². The molecule has 3 aliphatic rings. The number of ketones is 2. The number of carbonyl (C=O) groups excluding carboxylic acids is 2. The number of fused-ring (bicyclic) bond motifs is 2. The molecule has 7 nitrogen and oxygen atoms in total. The Bertz CT molecular complexity index is 1270. The molecule has 0 bridgehead atoms. The van der Waals surface area contributed by atoms with Gasteiger partial charge in [-0.15, -0.1) is 0 Å². The summed E-state index contributed by atoms with van der Waals surface area (Å²) in [6, 6.07) is 10.9. The maximum absolute atomic E-state index is 13.4. The van der Waals surface area contributed by atoms with Crippen molar-refractivity contribution in [2.45, 2.75) is 32.6 Å². The first-order valence-corrected chi connectivity index (χ1v) is 10.1. The second-order valence-electron chi connectivity index (χ2n) is 9.05. The third-order valence-electron chi connectivity index (χ3n) is 6.26. The quantitative estimate of drug-likeness (QED) is 0.560. The lowest BCUT2D eigenvalue weighted by atomic mass is 9.68. The van der Waals surface area contributed by atoms with Gasteiger partial charge in [0.15, 0.2) is 11.6 Å². The summed E-state index contributed by atoms with van der Waals surface area (Å²) in [5.74, 6) is -1.41. The van der Waals surface area contributed by atoms with E-state index >= 15 is 0 Å². The first-order chi connectivity index (χ1) is 14.7. The van der Waals surface area contributed by atoms with Gasteiger partial charge in [-0.3, -0.25) is 19.7 Å². The molecule has 156 valence electrons. The van der Waals surface area contributed by atoms with E-state index < -0.39 is 10.8 Å². The van der Waals surface area contributed by atoms with Crippen molar-refractivity contribution in [2.75, 3.05) is 0 Å². The number of phenols is 1. The SMILES string of the molecule is CC1(C)CC(=O)C2=C(C1)NC1=C(C(=O)c3ccccc31)[C@@H]2c1cc([N+](=O)[O-])ccc1O. The van der Waals surface area contributed by atoms with E-state index in [2.05, 4.69) is 5.32 Å². The van der Waals surface area contributed by atoms with Gasteiger partial charge in [-0.25, -0.2) is 0 Å². The van der Waals surface area contributed by atoms with E-state index in [1.807, 2.05) is 26.0 Å². The number of nitro benzene ring substituents is 1. The standard InChI is InChI=1S/C24H20N2O5/c1-24(2)10-16-20(18(28)11-24)19(15-9-12(26(30)31)7-8-17(15)27)21-22(25-16)13-5-3-4-6-14(13)23(21)29/h3-9,19,25,27H,10-11H2,1-2H3/t19-/m1/s1. The molecule has 5 rings (SSSR count). The largest absolute Gasteiger partial charge is 0.508 e. The van der Waals surface area contributed by atoms with Crippen LogP contribution >= 0.6 is 0 Å². The second-order valence-corrected chi connectivity index (χ2v) is 9.05. The first kappa shape index (κ1) is 19.2. The summed E-state index contributed by atoms with van der Waals surface area (Å²) in [5, 5.41) is 25.4. The van der Waals surface area contributed by atoms with Gasteiger partial charge in [-0.1, -0.05) is 38.1 Å². The molecule has 0 aromatic heterocycles. The van der Waals surface area contributed by atoms with E-state index in [-0.39, 0.29) is 34.0 Å². The van der Waals surface area contributed by atoms with Gasteiger partial charge in [0.1, 0.15) is 5.75 Å². The topological polar surface area (TPSA) is 110 Å². The van der Waals surface area contributed by atoms with Gasteiger partial charge in [-0.05, 0) is 17.9 Å². The van der Waals surface area contributed by atoms with Crippen molar-refractivity contribution >= 4 is 23.0 Å². The highest BCUT2D eigenvalue weighted by atomic mass is 16.6. The molecule has 1 heterocycles. The normalized spacial score (nSPS) is 21.4. The molecule has 0 unspecified atom stereocenters. The maximum Gasteiger partial charge on any atom is 0.270 e. The third-order valence-corrected chi connectivity index (χ3v) is 6.26. The van der Waals surface area contributed by atoms with E-state index in [1.54, 1.807) is 12.1 Å². The molecule has 31 heavy (non-hydrogen) atoms. The molecule has 2 aliphatic carbocycles. The van der Waals surface area contributed by atoms with Crippen LogP contribution in [0.2, 0.25) is 0 Å². The number of hydrogen-bond donors (Lipinski definition) is 2. The van der Waals surface area contributed by atoms with Crippen LogP contribution in [0.15, 0.2) is 59.3 Å². The number of rotatable bonds is 2. The predicted molar refractivity (Wildman–Crippen MR) is 113 cm³/mol. The number of nitrogens with zero attached hydrogens (tertiary/aromatic N) is 1. The number of hydrogen-bond acceptors (Lipinski definition) is 6. The lowest BCUT2D eigenvalue weighted by Gasteiger charge is -2.39. The summed E-state index contributed by atoms with van der Waals surface area (Å²) in [6.07, 6.45) is 0.886. The van der Waals surface area contributed by atoms with Gasteiger partial charge in [0.05, 0.1) is 10.6 Å². The number of nitrogens with one attached hydrogen (secondary N) is 1. The molecule has 1 atom stereocenters. The Morgan fingerprint density at radius 2 is 1.77 bits per heavy atom. The van der Waals surface area contributed by atoms with Crippen molar-refractivity contribution in [3.05, 3.63) is 86.1 Å². The van der Waals surface area contributed by atoms with Gasteiger partial charge in [0.2, 0.25) is 0 Å². The summed E-state index contributed by atoms with van der Waals surface area (Å²) in [6.45, 7) is 4.02. The molecule has 0 fully saturated rings. The monoisotopic (exact) mass is 416 g/mol.